The topological polar surface area (TPSA) is 192 Å². The molecule has 0 saturated carbocycles. The Kier molecular flexibility index (Phi) is 25.2. The van der Waals surface area contributed by atoms with Gasteiger partial charge in [0.15, 0.2) is 5.96 Å². The number of aliphatic carboxylic acids is 1. The van der Waals surface area contributed by atoms with Gasteiger partial charge in [0.2, 0.25) is 0 Å². The number of carbonyl (C=O) groups is 1. The highest BCUT2D eigenvalue weighted by Gasteiger charge is 2.18. The number of hydrogen-bond donors (Lipinski definition) is 7. The van der Waals surface area contributed by atoms with Gasteiger partial charge in [0, 0.05) is 6.54 Å². The minimum atomic E-state index is -4.33. The molecule has 1 unspecified atom stereocenters. The predicted molar refractivity (Wildman–Crippen MR) is 142 cm³/mol. The van der Waals surface area contributed by atoms with Crippen molar-refractivity contribution in [1.29, 1.82) is 5.41 Å². The number of hydrogen-bond acceptors (Lipinski definition) is 5. The summed E-state index contributed by atoms with van der Waals surface area (Å²) in [7, 11) is -4.33. The predicted octanol–water partition coefficient (Wildman–Crippen LogP) is 4.87. The third kappa shape index (κ3) is 30.8. The van der Waals surface area contributed by atoms with Crippen LogP contribution < -0.4 is 16.8 Å². The molecule has 10 nitrogen and oxygen atoms in total. The van der Waals surface area contributed by atoms with Crippen LogP contribution in [0.15, 0.2) is 0 Å². The molecule has 0 rings (SSSR count). The molecule has 35 heavy (non-hydrogen) atoms. The summed E-state index contributed by atoms with van der Waals surface area (Å²) in [5, 5.41) is 17.7. The van der Waals surface area contributed by atoms with Gasteiger partial charge < -0.3 is 31.7 Å². The van der Waals surface area contributed by atoms with Crippen molar-refractivity contribution in [2.45, 2.75) is 123 Å². The number of phosphoric ester groups is 1. The highest BCUT2D eigenvalue weighted by Crippen LogP contribution is 2.37. The van der Waals surface area contributed by atoms with Crippen LogP contribution in [0, 0.1) is 11.3 Å². The van der Waals surface area contributed by atoms with E-state index in [1.165, 1.54) is 64.2 Å². The first-order valence-corrected chi connectivity index (χ1v) is 14.8. The summed E-state index contributed by atoms with van der Waals surface area (Å²) in [6.45, 7) is 5.12. The monoisotopic (exact) mass is 524 g/mol. The molecule has 0 fully saturated rings. The second-order valence-corrected chi connectivity index (χ2v) is 10.4. The maximum absolute atomic E-state index is 10.9. The van der Waals surface area contributed by atoms with Crippen LogP contribution in [0.25, 0.3) is 0 Å². The second kappa shape index (κ2) is 24.5. The Hall–Kier alpha value is -1.19. The standard InChI is InChI=1S/C18H39O4P.C6H14N4O2/c1-3-5-7-9-10-12-14-16-18(17-22-23(19,20)21)15-13-11-8-6-4-2;7-4(5(11)12)2-1-3-10-6(8)9/h18H,3-17H2,1-2H3,(H2,19,20,21);4H,1-3,7H2,(H,11,12)(H4,8,9,10)/t;4-/m.0/s1. The molecule has 0 saturated heterocycles. The molecule has 2 atom stereocenters. The van der Waals surface area contributed by atoms with Crippen molar-refractivity contribution in [2.75, 3.05) is 13.2 Å². The number of nitrogens with one attached hydrogen (secondary N) is 2. The number of carboxylic acid groups (broad SMARTS) is 1. The Balaban J connectivity index is 0. The van der Waals surface area contributed by atoms with Crippen LogP contribution in [0.5, 0.6) is 0 Å². The van der Waals surface area contributed by atoms with Crippen molar-refractivity contribution in [3.05, 3.63) is 0 Å². The van der Waals surface area contributed by atoms with Crippen LogP contribution in [0.4, 0.5) is 0 Å². The lowest BCUT2D eigenvalue weighted by Gasteiger charge is -2.17. The molecular weight excluding hydrogens is 471 g/mol. The maximum atomic E-state index is 10.9. The van der Waals surface area contributed by atoms with E-state index in [0.29, 0.717) is 25.3 Å². The van der Waals surface area contributed by atoms with E-state index in [1.807, 2.05) is 0 Å². The number of unbranched alkanes of at least 4 members (excludes halogenated alkanes) is 10. The van der Waals surface area contributed by atoms with Gasteiger partial charge in [-0.15, -0.1) is 0 Å². The zero-order chi connectivity index (χ0) is 27.0. The van der Waals surface area contributed by atoms with E-state index in [2.05, 4.69) is 19.2 Å². The molecule has 0 aromatic rings. The number of nitrogens with two attached hydrogens (primary N) is 2. The van der Waals surface area contributed by atoms with Crippen molar-refractivity contribution in [2.24, 2.45) is 17.4 Å². The van der Waals surface area contributed by atoms with Gasteiger partial charge in [0.25, 0.3) is 0 Å². The summed E-state index contributed by atoms with van der Waals surface area (Å²) in [5.41, 5.74) is 10.2. The third-order valence-electron chi connectivity index (χ3n) is 5.73. The van der Waals surface area contributed by atoms with E-state index in [-0.39, 0.29) is 12.6 Å². The van der Waals surface area contributed by atoms with Gasteiger partial charge in [0.1, 0.15) is 6.04 Å². The minimum absolute atomic E-state index is 0.112. The first-order valence-electron chi connectivity index (χ1n) is 13.3. The van der Waals surface area contributed by atoms with Crippen LogP contribution >= 0.6 is 7.82 Å². The molecule has 0 radical (unpaired) electrons. The van der Waals surface area contributed by atoms with E-state index in [4.69, 9.17) is 36.3 Å². The normalized spacial score (nSPS) is 12.9. The molecule has 0 aliphatic carbocycles. The first kappa shape index (κ1) is 36.0. The molecule has 0 aromatic heterocycles. The summed E-state index contributed by atoms with van der Waals surface area (Å²) in [5.74, 6) is -0.823. The highest BCUT2D eigenvalue weighted by atomic mass is 31.2. The van der Waals surface area contributed by atoms with Gasteiger partial charge >= 0.3 is 13.8 Å². The lowest BCUT2D eigenvalue weighted by atomic mass is 9.95. The lowest BCUT2D eigenvalue weighted by Crippen LogP contribution is -2.34. The number of carboxylic acids is 1. The largest absolute Gasteiger partial charge is 0.480 e. The Labute approximate surface area is 212 Å². The number of rotatable bonds is 22. The second-order valence-electron chi connectivity index (χ2n) is 9.19. The average molecular weight is 525 g/mol. The molecule has 0 aromatic carbocycles. The molecular formula is C24H53N4O6P. The Bertz CT molecular complexity index is 562. The van der Waals surface area contributed by atoms with Crippen molar-refractivity contribution in [1.82, 2.24) is 5.32 Å². The van der Waals surface area contributed by atoms with Crippen LogP contribution in [0.3, 0.4) is 0 Å². The molecule has 9 N–H and O–H groups in total. The van der Waals surface area contributed by atoms with Gasteiger partial charge in [-0.25, -0.2) is 4.57 Å². The smallest absolute Gasteiger partial charge is 0.469 e. The Morgan fingerprint density at radius 3 is 1.74 bits per heavy atom. The molecule has 0 bridgehead atoms. The van der Waals surface area contributed by atoms with E-state index >= 15 is 0 Å². The van der Waals surface area contributed by atoms with Crippen LogP contribution in [-0.4, -0.2) is 46.0 Å². The lowest BCUT2D eigenvalue weighted by molar-refractivity contribution is -0.138. The fourth-order valence-electron chi connectivity index (χ4n) is 3.61. The molecule has 210 valence electrons. The molecule has 0 aliphatic heterocycles. The van der Waals surface area contributed by atoms with Gasteiger partial charge in [-0.05, 0) is 31.6 Å². The van der Waals surface area contributed by atoms with Crippen LogP contribution in [-0.2, 0) is 13.9 Å². The Morgan fingerprint density at radius 1 is 0.886 bits per heavy atom. The van der Waals surface area contributed by atoms with Crippen LogP contribution in [0.2, 0.25) is 0 Å². The van der Waals surface area contributed by atoms with Crippen molar-refractivity contribution < 1.29 is 28.8 Å². The van der Waals surface area contributed by atoms with E-state index in [9.17, 15) is 9.36 Å². The highest BCUT2D eigenvalue weighted by molar-refractivity contribution is 7.46. The van der Waals surface area contributed by atoms with Crippen LogP contribution in [0.1, 0.15) is 117 Å². The van der Waals surface area contributed by atoms with Crippen molar-refractivity contribution >= 4 is 19.8 Å². The average Bonchev–Trinajstić information content (AvgIpc) is 2.78. The van der Waals surface area contributed by atoms with E-state index in [0.717, 1.165) is 25.7 Å². The maximum Gasteiger partial charge on any atom is 0.469 e. The Morgan fingerprint density at radius 2 is 1.34 bits per heavy atom. The molecule has 0 aliphatic rings. The summed E-state index contributed by atoms with van der Waals surface area (Å²) < 4.78 is 15.6. The summed E-state index contributed by atoms with van der Waals surface area (Å²) >= 11 is 0. The quantitative estimate of drug-likeness (QED) is 0.0447. The van der Waals surface area contributed by atoms with Gasteiger partial charge in [-0.3, -0.25) is 14.7 Å². The fourth-order valence-corrected chi connectivity index (χ4v) is 4.01. The van der Waals surface area contributed by atoms with Gasteiger partial charge in [-0.2, -0.15) is 0 Å². The molecule has 11 heteroatoms. The SMILES string of the molecule is CCCCCCCCCC(CCCCCCC)COP(=O)(O)O.N=C(N)NCCC[C@H](N)C(=O)O. The van der Waals surface area contributed by atoms with E-state index in [1.54, 1.807) is 0 Å². The zero-order valence-corrected chi connectivity index (χ0v) is 22.9. The summed E-state index contributed by atoms with van der Waals surface area (Å²) in [4.78, 5) is 28.0. The zero-order valence-electron chi connectivity index (χ0n) is 22.1. The number of guanidine groups is 1. The molecule has 0 spiro atoms. The third-order valence-corrected chi connectivity index (χ3v) is 6.22. The van der Waals surface area contributed by atoms with Gasteiger partial charge in [0.05, 0.1) is 6.61 Å². The minimum Gasteiger partial charge on any atom is -0.480 e. The molecule has 0 amide bonds. The van der Waals surface area contributed by atoms with E-state index < -0.39 is 19.8 Å². The van der Waals surface area contributed by atoms with Crippen molar-refractivity contribution in [3.63, 3.8) is 0 Å². The fraction of sp³-hybridized carbons (Fsp3) is 0.917. The van der Waals surface area contributed by atoms with Gasteiger partial charge in [-0.1, -0.05) is 90.9 Å². The number of phosphoric acid groups is 1. The first-order chi connectivity index (χ1) is 16.5. The summed E-state index contributed by atoms with van der Waals surface area (Å²) in [6, 6.07) is -0.821. The summed E-state index contributed by atoms with van der Waals surface area (Å²) in [6.07, 6.45) is 18.1. The molecule has 0 heterocycles. The van der Waals surface area contributed by atoms with Crippen molar-refractivity contribution in [3.8, 4) is 0 Å².